The summed E-state index contributed by atoms with van der Waals surface area (Å²) in [6.07, 6.45) is -2.36. The lowest BCUT2D eigenvalue weighted by Crippen LogP contribution is -2.52. The van der Waals surface area contributed by atoms with Crippen molar-refractivity contribution in [1.82, 2.24) is 28.6 Å². The van der Waals surface area contributed by atoms with E-state index in [-0.39, 0.29) is 71.7 Å². The molecule has 5 heterocycles. The van der Waals surface area contributed by atoms with Crippen LogP contribution < -0.4 is 21.8 Å². The van der Waals surface area contributed by atoms with E-state index in [0.29, 0.717) is 42.5 Å². The molecule has 2 aliphatic heterocycles. The average Bonchev–Trinajstić information content (AvgIpc) is 3.57. The highest BCUT2D eigenvalue weighted by Gasteiger charge is 2.36. The molecular weight excluding hydrogens is 709 g/mol. The van der Waals surface area contributed by atoms with Gasteiger partial charge in [0.15, 0.2) is 5.82 Å². The number of amides is 2. The van der Waals surface area contributed by atoms with Gasteiger partial charge in [0, 0.05) is 55.1 Å². The van der Waals surface area contributed by atoms with E-state index in [0.717, 1.165) is 16.6 Å². The van der Waals surface area contributed by atoms with Crippen molar-refractivity contribution >= 4 is 40.5 Å². The van der Waals surface area contributed by atoms with Crippen LogP contribution in [0, 0.1) is 13.8 Å². The van der Waals surface area contributed by atoms with Crippen molar-refractivity contribution in [1.29, 1.82) is 0 Å². The molecule has 18 heteroatoms. The number of aromatic hydroxyl groups is 1. The van der Waals surface area contributed by atoms with Crippen LogP contribution in [0.4, 0.5) is 18.9 Å². The maximum Gasteiger partial charge on any atom is 0.416 e. The highest BCUT2D eigenvalue weighted by Crippen LogP contribution is 2.37. The number of hydrogen-bond donors (Lipinski definition) is 2. The number of aromatic nitrogens is 5. The highest BCUT2D eigenvalue weighted by molar-refractivity contribution is 6.31. The molecule has 3 N–H and O–H groups in total. The summed E-state index contributed by atoms with van der Waals surface area (Å²) in [7, 11) is 1.51. The van der Waals surface area contributed by atoms with Gasteiger partial charge in [-0.15, -0.1) is 5.10 Å². The normalized spacial score (nSPS) is 16.0. The van der Waals surface area contributed by atoms with Gasteiger partial charge < -0.3 is 29.9 Å². The van der Waals surface area contributed by atoms with Gasteiger partial charge in [-0.3, -0.25) is 23.7 Å². The highest BCUT2D eigenvalue weighted by atomic mass is 35.5. The maximum absolute atomic E-state index is 14.4. The summed E-state index contributed by atoms with van der Waals surface area (Å²) >= 11 is 6.43. The Bertz CT molecular complexity index is 2270. The third-order valence-corrected chi connectivity index (χ3v) is 10.1. The fourth-order valence-corrected chi connectivity index (χ4v) is 6.99. The fourth-order valence-electron chi connectivity index (χ4n) is 6.71. The first-order valence-corrected chi connectivity index (χ1v) is 16.8. The first kappa shape index (κ1) is 36.6. The third kappa shape index (κ3) is 6.21. The number of anilines is 1. The summed E-state index contributed by atoms with van der Waals surface area (Å²) in [6, 6.07) is 1.06. The second kappa shape index (κ2) is 13.8. The number of halogens is 4. The van der Waals surface area contributed by atoms with Crippen LogP contribution in [0.15, 0.2) is 33.9 Å². The molecule has 0 spiro atoms. The molecular formula is C34H36ClF3N8O6. The van der Waals surface area contributed by atoms with E-state index in [2.05, 4.69) is 10.1 Å². The van der Waals surface area contributed by atoms with Gasteiger partial charge in [0.25, 0.3) is 17.0 Å². The summed E-state index contributed by atoms with van der Waals surface area (Å²) in [5.41, 5.74) is 5.30. The predicted octanol–water partition coefficient (Wildman–Crippen LogP) is 2.99. The molecule has 1 unspecified atom stereocenters. The molecule has 2 amide bonds. The zero-order valence-electron chi connectivity index (χ0n) is 28.8. The van der Waals surface area contributed by atoms with Crippen molar-refractivity contribution in [3.63, 3.8) is 0 Å². The Labute approximate surface area is 299 Å². The largest absolute Gasteiger partial charge is 0.507 e. The minimum atomic E-state index is -4.70. The Morgan fingerprint density at radius 2 is 1.81 bits per heavy atom. The van der Waals surface area contributed by atoms with Crippen LogP contribution >= 0.6 is 11.6 Å². The molecule has 1 aromatic carbocycles. The Morgan fingerprint density at radius 3 is 2.38 bits per heavy atom. The Balaban J connectivity index is 1.48. The summed E-state index contributed by atoms with van der Waals surface area (Å²) in [6.45, 7) is 5.97. The number of ether oxygens (including phenoxy) is 1. The van der Waals surface area contributed by atoms with E-state index in [1.807, 2.05) is 0 Å². The van der Waals surface area contributed by atoms with Crippen molar-refractivity contribution in [2.45, 2.75) is 45.8 Å². The van der Waals surface area contributed by atoms with Crippen LogP contribution in [-0.4, -0.2) is 84.9 Å². The topological polar surface area (TPSA) is 170 Å². The van der Waals surface area contributed by atoms with Crippen LogP contribution in [0.2, 0.25) is 5.02 Å². The van der Waals surface area contributed by atoms with Crippen molar-refractivity contribution in [3.05, 3.63) is 89.5 Å². The quantitative estimate of drug-likeness (QED) is 0.289. The predicted molar refractivity (Wildman–Crippen MR) is 185 cm³/mol. The van der Waals surface area contributed by atoms with Gasteiger partial charge in [-0.25, -0.2) is 0 Å². The van der Waals surface area contributed by atoms with E-state index in [1.165, 1.54) is 21.1 Å². The number of nitrogens with two attached hydrogens (primary N) is 1. The summed E-state index contributed by atoms with van der Waals surface area (Å²) in [5.74, 6) is -1.92. The lowest BCUT2D eigenvalue weighted by atomic mass is 10.0. The van der Waals surface area contributed by atoms with Crippen LogP contribution in [-0.2, 0) is 29.2 Å². The van der Waals surface area contributed by atoms with E-state index < -0.39 is 46.5 Å². The minimum absolute atomic E-state index is 0.0478. The lowest BCUT2D eigenvalue weighted by molar-refractivity contribution is -0.137. The van der Waals surface area contributed by atoms with Crippen LogP contribution in [0.3, 0.4) is 0 Å². The number of alkyl halides is 3. The van der Waals surface area contributed by atoms with E-state index in [9.17, 15) is 37.5 Å². The number of benzene rings is 1. The van der Waals surface area contributed by atoms with Gasteiger partial charge in [-0.2, -0.15) is 22.7 Å². The first-order chi connectivity index (χ1) is 24.6. The summed E-state index contributed by atoms with van der Waals surface area (Å²) in [4.78, 5) is 62.1. The van der Waals surface area contributed by atoms with Crippen LogP contribution in [0.5, 0.6) is 5.75 Å². The number of rotatable bonds is 7. The van der Waals surface area contributed by atoms with Crippen molar-refractivity contribution in [2.24, 2.45) is 12.8 Å². The zero-order valence-corrected chi connectivity index (χ0v) is 29.5. The molecule has 14 nitrogen and oxygen atoms in total. The smallest absolute Gasteiger partial charge is 0.416 e. The second-order valence-corrected chi connectivity index (χ2v) is 13.0. The molecule has 52 heavy (non-hydrogen) atoms. The number of carbonyl (C=O) groups is 2. The molecule has 0 saturated carbocycles. The fraction of sp³-hybridized carbons (Fsp3) is 0.412. The van der Waals surface area contributed by atoms with Gasteiger partial charge in [0.1, 0.15) is 23.0 Å². The molecule has 6 rings (SSSR count). The Morgan fingerprint density at radius 1 is 1.12 bits per heavy atom. The molecule has 276 valence electrons. The van der Waals surface area contributed by atoms with Crippen LogP contribution in [0.1, 0.15) is 63.6 Å². The number of nitrogens with zero attached hydrogens (tertiary/aromatic N) is 7. The van der Waals surface area contributed by atoms with E-state index in [1.54, 1.807) is 31.7 Å². The van der Waals surface area contributed by atoms with E-state index >= 15 is 0 Å². The second-order valence-electron chi connectivity index (χ2n) is 12.6. The summed E-state index contributed by atoms with van der Waals surface area (Å²) < 4.78 is 49.8. The van der Waals surface area contributed by atoms with Crippen LogP contribution in [0.25, 0.3) is 11.4 Å². The number of piperazine rings is 1. The lowest BCUT2D eigenvalue weighted by Gasteiger charge is -2.37. The Hall–Kier alpha value is -5.16. The number of carbonyl (C=O) groups excluding carboxylic acids is 2. The summed E-state index contributed by atoms with van der Waals surface area (Å²) in [5, 5.41) is 14.9. The average molecular weight is 745 g/mol. The van der Waals surface area contributed by atoms with Crippen molar-refractivity contribution < 1.29 is 32.6 Å². The molecule has 0 radical (unpaired) electrons. The molecule has 0 bridgehead atoms. The van der Waals surface area contributed by atoms with Gasteiger partial charge in [-0.05, 0) is 44.4 Å². The van der Waals surface area contributed by atoms with Crippen molar-refractivity contribution in [3.8, 4) is 5.75 Å². The van der Waals surface area contributed by atoms with Gasteiger partial charge >= 0.3 is 6.18 Å². The Kier molecular flexibility index (Phi) is 9.69. The molecule has 2 aliphatic rings. The third-order valence-electron chi connectivity index (χ3n) is 9.75. The van der Waals surface area contributed by atoms with Gasteiger partial charge in [0.05, 0.1) is 24.5 Å². The standard InChI is InChI=1S/C34H36ClF3N8O6/c1-5-23-26(43-10-12-44(13-11-43)31(50)24-27(47)17(2)18(3)42(4)30(24)49)32(51)46-33(40-29(41-46)19-8-14-52-15-9-19)45(23)25(28(39)48)21-7-6-20(16-22(21)35)34(36,37)38/h6-8,16,25,47H,5,9-15H2,1-4H3,(H2,39,48). The number of primary amides is 1. The monoisotopic (exact) mass is 744 g/mol. The number of fused-ring (bicyclic) bond motifs is 1. The molecule has 4 aromatic rings. The molecule has 1 saturated heterocycles. The first-order valence-electron chi connectivity index (χ1n) is 16.5. The maximum atomic E-state index is 14.4. The van der Waals surface area contributed by atoms with Gasteiger partial charge in [-0.1, -0.05) is 30.7 Å². The number of pyridine rings is 1. The number of hydrogen-bond acceptors (Lipinski definition) is 9. The molecule has 1 fully saturated rings. The van der Waals surface area contributed by atoms with Crippen molar-refractivity contribution in [2.75, 3.05) is 44.3 Å². The SMILES string of the molecule is CCc1c(N2CCN(C(=O)c3c(O)c(C)c(C)n(C)c3=O)CC2)c(=O)n2nc(C3=CCOCC3)nc2n1C(C(N)=O)c1ccc(C(F)(F)F)cc1Cl. The molecule has 1 atom stereocenters. The van der Waals surface area contributed by atoms with Gasteiger partial charge in [0.2, 0.25) is 11.7 Å². The zero-order chi connectivity index (χ0) is 37.8. The van der Waals surface area contributed by atoms with E-state index in [4.69, 9.17) is 22.1 Å². The molecule has 3 aromatic heterocycles. The molecule has 0 aliphatic carbocycles. The minimum Gasteiger partial charge on any atom is -0.507 e.